The van der Waals surface area contributed by atoms with Crippen LogP contribution in [0.25, 0.3) is 0 Å². The summed E-state index contributed by atoms with van der Waals surface area (Å²) in [7, 11) is 0. The van der Waals surface area contributed by atoms with Gasteiger partial charge in [-0.15, -0.1) is 0 Å². The molecule has 1 saturated heterocycles. The van der Waals surface area contributed by atoms with Crippen LogP contribution in [-0.4, -0.2) is 17.7 Å². The summed E-state index contributed by atoms with van der Waals surface area (Å²) in [6.45, 7) is 1.81. The molecule has 5 nitrogen and oxygen atoms in total. The summed E-state index contributed by atoms with van der Waals surface area (Å²) < 4.78 is 0. The van der Waals surface area contributed by atoms with Gasteiger partial charge in [0, 0.05) is 11.6 Å². The van der Waals surface area contributed by atoms with Crippen LogP contribution in [0.15, 0.2) is 66.4 Å². The van der Waals surface area contributed by atoms with E-state index in [1.807, 2.05) is 19.1 Å². The Morgan fingerprint density at radius 1 is 1.00 bits per heavy atom. The number of nitrogens with zero attached hydrogens (tertiary/aromatic N) is 1. The molecule has 0 aromatic heterocycles. The number of urea groups is 1. The standard InChI is InChI=1S/C18H14N2O3/c1-12-7-5-6-10-15(12)20-17(22)14(19-18(20)23)11-16(21)13-8-3-2-4-9-13/h2-11H,1H3,(H,19,23). The molecule has 1 heterocycles. The van der Waals surface area contributed by atoms with E-state index in [0.29, 0.717) is 11.3 Å². The van der Waals surface area contributed by atoms with Crippen LogP contribution in [0.3, 0.4) is 0 Å². The van der Waals surface area contributed by atoms with Crippen molar-refractivity contribution in [2.24, 2.45) is 0 Å². The van der Waals surface area contributed by atoms with Gasteiger partial charge in [-0.25, -0.2) is 9.69 Å². The molecule has 0 radical (unpaired) electrons. The molecule has 1 aliphatic heterocycles. The van der Waals surface area contributed by atoms with Gasteiger partial charge < -0.3 is 5.32 Å². The van der Waals surface area contributed by atoms with Gasteiger partial charge in [0.05, 0.1) is 5.69 Å². The van der Waals surface area contributed by atoms with Gasteiger partial charge in [0.2, 0.25) is 0 Å². The Morgan fingerprint density at radius 2 is 1.65 bits per heavy atom. The number of allylic oxidation sites excluding steroid dienone is 1. The smallest absolute Gasteiger partial charge is 0.302 e. The Bertz CT molecular complexity index is 825. The van der Waals surface area contributed by atoms with Gasteiger partial charge in [-0.3, -0.25) is 9.59 Å². The first-order valence-electron chi connectivity index (χ1n) is 7.10. The van der Waals surface area contributed by atoms with Crippen molar-refractivity contribution in [3.8, 4) is 0 Å². The topological polar surface area (TPSA) is 66.5 Å². The molecule has 0 atom stereocenters. The van der Waals surface area contributed by atoms with Crippen LogP contribution in [0.1, 0.15) is 15.9 Å². The molecule has 0 bridgehead atoms. The number of carbonyl (C=O) groups is 3. The molecule has 5 heteroatoms. The average molecular weight is 306 g/mol. The number of amides is 3. The summed E-state index contributed by atoms with van der Waals surface area (Å²) in [6.07, 6.45) is 1.16. The van der Waals surface area contributed by atoms with E-state index in [2.05, 4.69) is 5.32 Å². The molecule has 2 aromatic rings. The Labute approximate surface area is 133 Å². The molecule has 0 saturated carbocycles. The van der Waals surface area contributed by atoms with Crippen molar-refractivity contribution in [1.82, 2.24) is 5.32 Å². The minimum absolute atomic E-state index is 0.0212. The van der Waals surface area contributed by atoms with Crippen LogP contribution in [0.2, 0.25) is 0 Å². The predicted octanol–water partition coefficient (Wildman–Crippen LogP) is 2.82. The number of rotatable bonds is 3. The summed E-state index contributed by atoms with van der Waals surface area (Å²) in [5, 5.41) is 2.46. The van der Waals surface area contributed by atoms with Crippen LogP contribution in [-0.2, 0) is 4.79 Å². The van der Waals surface area contributed by atoms with E-state index in [9.17, 15) is 14.4 Å². The lowest BCUT2D eigenvalue weighted by Gasteiger charge is -2.14. The number of carbonyl (C=O) groups excluding carboxylic acids is 3. The van der Waals surface area contributed by atoms with E-state index < -0.39 is 11.9 Å². The summed E-state index contributed by atoms with van der Waals surface area (Å²) in [4.78, 5) is 37.8. The first kappa shape index (κ1) is 14.7. The highest BCUT2D eigenvalue weighted by atomic mass is 16.2. The Kier molecular flexibility index (Phi) is 3.76. The van der Waals surface area contributed by atoms with Crippen molar-refractivity contribution in [2.75, 3.05) is 4.90 Å². The van der Waals surface area contributed by atoms with E-state index in [4.69, 9.17) is 0 Å². The maximum Gasteiger partial charge on any atom is 0.333 e. The van der Waals surface area contributed by atoms with Gasteiger partial charge in [0.25, 0.3) is 5.91 Å². The summed E-state index contributed by atoms with van der Waals surface area (Å²) in [5.41, 5.74) is 1.74. The summed E-state index contributed by atoms with van der Waals surface area (Å²) >= 11 is 0. The van der Waals surface area contributed by atoms with Crippen LogP contribution >= 0.6 is 0 Å². The van der Waals surface area contributed by atoms with Crippen molar-refractivity contribution in [2.45, 2.75) is 6.92 Å². The Hall–Kier alpha value is -3.21. The van der Waals surface area contributed by atoms with Crippen LogP contribution in [0, 0.1) is 6.92 Å². The number of hydrogen-bond acceptors (Lipinski definition) is 3. The maximum atomic E-state index is 12.5. The Morgan fingerprint density at radius 3 is 2.35 bits per heavy atom. The zero-order chi connectivity index (χ0) is 16.4. The molecule has 1 fully saturated rings. The van der Waals surface area contributed by atoms with Crippen LogP contribution in [0.5, 0.6) is 0 Å². The molecule has 114 valence electrons. The molecule has 3 amide bonds. The lowest BCUT2D eigenvalue weighted by Crippen LogP contribution is -2.31. The fraction of sp³-hybridized carbons (Fsp3) is 0.0556. The third-order valence-electron chi connectivity index (χ3n) is 3.57. The number of ketones is 1. The fourth-order valence-electron chi connectivity index (χ4n) is 2.39. The fourth-order valence-corrected chi connectivity index (χ4v) is 2.39. The number of para-hydroxylation sites is 1. The third-order valence-corrected chi connectivity index (χ3v) is 3.57. The van der Waals surface area contributed by atoms with E-state index in [1.54, 1.807) is 42.5 Å². The van der Waals surface area contributed by atoms with Gasteiger partial charge in [0.1, 0.15) is 5.70 Å². The normalized spacial score (nSPS) is 15.9. The largest absolute Gasteiger partial charge is 0.333 e. The molecule has 2 aromatic carbocycles. The first-order chi connectivity index (χ1) is 11.1. The zero-order valence-corrected chi connectivity index (χ0v) is 12.4. The number of hydrogen-bond donors (Lipinski definition) is 1. The van der Waals surface area contributed by atoms with E-state index in [1.165, 1.54) is 0 Å². The van der Waals surface area contributed by atoms with E-state index in [-0.39, 0.29) is 11.5 Å². The molecular formula is C18H14N2O3. The molecule has 1 aliphatic rings. The second-order valence-electron chi connectivity index (χ2n) is 5.15. The predicted molar refractivity (Wildman–Crippen MR) is 86.1 cm³/mol. The number of anilines is 1. The second kappa shape index (κ2) is 5.88. The summed E-state index contributed by atoms with van der Waals surface area (Å²) in [5.74, 6) is -0.866. The number of imide groups is 1. The highest BCUT2D eigenvalue weighted by molar-refractivity contribution is 6.28. The highest BCUT2D eigenvalue weighted by Gasteiger charge is 2.35. The number of benzene rings is 2. The highest BCUT2D eigenvalue weighted by Crippen LogP contribution is 2.24. The maximum absolute atomic E-state index is 12.5. The molecule has 23 heavy (non-hydrogen) atoms. The quantitative estimate of drug-likeness (QED) is 0.538. The molecule has 0 aliphatic carbocycles. The van der Waals surface area contributed by atoms with Crippen molar-refractivity contribution in [3.05, 3.63) is 77.5 Å². The second-order valence-corrected chi connectivity index (χ2v) is 5.15. The van der Waals surface area contributed by atoms with Crippen molar-refractivity contribution in [1.29, 1.82) is 0 Å². The number of nitrogens with one attached hydrogen (secondary N) is 1. The monoisotopic (exact) mass is 306 g/mol. The molecule has 0 spiro atoms. The molecular weight excluding hydrogens is 292 g/mol. The van der Waals surface area contributed by atoms with Crippen molar-refractivity contribution >= 4 is 23.4 Å². The molecule has 1 N–H and O–H groups in total. The van der Waals surface area contributed by atoms with E-state index >= 15 is 0 Å². The minimum atomic E-state index is -0.559. The molecule has 3 rings (SSSR count). The third kappa shape index (κ3) is 2.76. The van der Waals surface area contributed by atoms with Crippen molar-refractivity contribution in [3.63, 3.8) is 0 Å². The van der Waals surface area contributed by atoms with Crippen molar-refractivity contribution < 1.29 is 14.4 Å². The average Bonchev–Trinajstić information content (AvgIpc) is 2.83. The van der Waals surface area contributed by atoms with Crippen LogP contribution in [0.4, 0.5) is 10.5 Å². The molecule has 0 unspecified atom stereocenters. The van der Waals surface area contributed by atoms with Crippen LogP contribution < -0.4 is 10.2 Å². The van der Waals surface area contributed by atoms with E-state index in [0.717, 1.165) is 16.5 Å². The summed E-state index contributed by atoms with van der Waals surface area (Å²) in [6, 6.07) is 15.1. The number of aryl methyl sites for hydroxylation is 1. The lowest BCUT2D eigenvalue weighted by atomic mass is 10.1. The Balaban J connectivity index is 1.91. The lowest BCUT2D eigenvalue weighted by molar-refractivity contribution is -0.113. The minimum Gasteiger partial charge on any atom is -0.302 e. The van der Waals surface area contributed by atoms with Gasteiger partial charge in [-0.1, -0.05) is 48.5 Å². The first-order valence-corrected chi connectivity index (χ1v) is 7.10. The zero-order valence-electron chi connectivity index (χ0n) is 12.4. The van der Waals surface area contributed by atoms with Gasteiger partial charge in [-0.05, 0) is 18.6 Å². The van der Waals surface area contributed by atoms with Gasteiger partial charge in [-0.2, -0.15) is 0 Å². The SMILES string of the molecule is Cc1ccccc1N1C(=O)NC(=CC(=O)c2ccccc2)C1=O. The van der Waals surface area contributed by atoms with Gasteiger partial charge in [0.15, 0.2) is 5.78 Å². The van der Waals surface area contributed by atoms with Gasteiger partial charge >= 0.3 is 6.03 Å².